The predicted molar refractivity (Wildman–Crippen MR) is 72.5 cm³/mol. The molecule has 0 aliphatic rings. The van der Waals surface area contributed by atoms with Gasteiger partial charge in [0.05, 0.1) is 7.11 Å². The van der Waals surface area contributed by atoms with Crippen LogP contribution in [0.2, 0.25) is 0 Å². The molecule has 0 atom stereocenters. The van der Waals surface area contributed by atoms with Crippen molar-refractivity contribution in [2.45, 2.75) is 32.6 Å². The lowest BCUT2D eigenvalue weighted by Gasteiger charge is -2.14. The van der Waals surface area contributed by atoms with Gasteiger partial charge >= 0.3 is 6.18 Å². The molecule has 1 N–H and O–H groups in total. The third kappa shape index (κ3) is 7.19. The van der Waals surface area contributed by atoms with E-state index in [0.29, 0.717) is 24.1 Å². The predicted octanol–water partition coefficient (Wildman–Crippen LogP) is 3.11. The average Bonchev–Trinajstić information content (AvgIpc) is 2.40. The van der Waals surface area contributed by atoms with Crippen LogP contribution in [0.15, 0.2) is 18.2 Å². The highest BCUT2D eigenvalue weighted by Crippen LogP contribution is 2.28. The van der Waals surface area contributed by atoms with E-state index >= 15 is 0 Å². The summed E-state index contributed by atoms with van der Waals surface area (Å²) in [6.07, 6.45) is -4.36. The smallest absolute Gasteiger partial charge is 0.411 e. The van der Waals surface area contributed by atoms with Crippen LogP contribution in [0.4, 0.5) is 13.2 Å². The molecule has 0 heterocycles. The molecular formula is C14H20F3NO3. The van der Waals surface area contributed by atoms with Gasteiger partial charge < -0.3 is 19.5 Å². The van der Waals surface area contributed by atoms with Gasteiger partial charge in [-0.05, 0) is 17.7 Å². The fourth-order valence-electron chi connectivity index (χ4n) is 1.53. The van der Waals surface area contributed by atoms with E-state index in [9.17, 15) is 13.2 Å². The number of benzene rings is 1. The fraction of sp³-hybridized carbons (Fsp3) is 0.571. The van der Waals surface area contributed by atoms with E-state index in [-0.39, 0.29) is 0 Å². The number of halogens is 3. The van der Waals surface area contributed by atoms with Crippen molar-refractivity contribution in [1.82, 2.24) is 5.32 Å². The van der Waals surface area contributed by atoms with Crippen molar-refractivity contribution in [2.75, 3.05) is 20.5 Å². The SMILES string of the molecule is COc1cc(CNC(C)C)ccc1OCOCC(F)(F)F. The van der Waals surface area contributed by atoms with Crippen molar-refractivity contribution in [3.05, 3.63) is 23.8 Å². The summed E-state index contributed by atoms with van der Waals surface area (Å²) < 4.78 is 50.4. The van der Waals surface area contributed by atoms with E-state index in [1.165, 1.54) is 7.11 Å². The van der Waals surface area contributed by atoms with Crippen LogP contribution in [0.1, 0.15) is 19.4 Å². The van der Waals surface area contributed by atoms with Crippen LogP contribution in [0.3, 0.4) is 0 Å². The second-order valence-electron chi connectivity index (χ2n) is 4.75. The van der Waals surface area contributed by atoms with Gasteiger partial charge in [0.15, 0.2) is 18.3 Å². The minimum absolute atomic E-state index is 0.341. The number of ether oxygens (including phenoxy) is 3. The van der Waals surface area contributed by atoms with Gasteiger partial charge in [-0.15, -0.1) is 0 Å². The summed E-state index contributed by atoms with van der Waals surface area (Å²) in [6.45, 7) is 2.91. The number of hydrogen-bond acceptors (Lipinski definition) is 4. The normalized spacial score (nSPS) is 11.8. The number of nitrogens with one attached hydrogen (secondary N) is 1. The van der Waals surface area contributed by atoms with Crippen molar-refractivity contribution in [3.63, 3.8) is 0 Å². The summed E-state index contributed by atoms with van der Waals surface area (Å²) in [7, 11) is 1.47. The zero-order valence-electron chi connectivity index (χ0n) is 12.3. The number of rotatable bonds is 8. The Labute approximate surface area is 122 Å². The Morgan fingerprint density at radius 3 is 2.48 bits per heavy atom. The molecule has 0 aliphatic carbocycles. The molecule has 1 aromatic rings. The number of hydrogen-bond donors (Lipinski definition) is 1. The van der Waals surface area contributed by atoms with Gasteiger partial charge in [0.1, 0.15) is 6.61 Å². The molecule has 0 spiro atoms. The van der Waals surface area contributed by atoms with Crippen LogP contribution in [0.5, 0.6) is 11.5 Å². The van der Waals surface area contributed by atoms with Crippen molar-refractivity contribution < 1.29 is 27.4 Å². The molecule has 0 aliphatic heterocycles. The van der Waals surface area contributed by atoms with Gasteiger partial charge in [0, 0.05) is 12.6 Å². The quantitative estimate of drug-likeness (QED) is 0.592. The third-order valence-electron chi connectivity index (χ3n) is 2.51. The Balaban J connectivity index is 2.54. The summed E-state index contributed by atoms with van der Waals surface area (Å²) in [6, 6.07) is 5.58. The van der Waals surface area contributed by atoms with Gasteiger partial charge in [-0.1, -0.05) is 19.9 Å². The zero-order chi connectivity index (χ0) is 15.9. The highest BCUT2D eigenvalue weighted by atomic mass is 19.4. The minimum Gasteiger partial charge on any atom is -0.493 e. The first-order valence-corrected chi connectivity index (χ1v) is 6.49. The van der Waals surface area contributed by atoms with Crippen LogP contribution >= 0.6 is 0 Å². The molecule has 0 saturated carbocycles. The zero-order valence-corrected chi connectivity index (χ0v) is 12.3. The van der Waals surface area contributed by atoms with Gasteiger partial charge in [-0.25, -0.2) is 0 Å². The highest BCUT2D eigenvalue weighted by molar-refractivity contribution is 5.42. The largest absolute Gasteiger partial charge is 0.493 e. The molecule has 0 radical (unpaired) electrons. The van der Waals surface area contributed by atoms with Gasteiger partial charge in [-0.2, -0.15) is 13.2 Å². The lowest BCUT2D eigenvalue weighted by atomic mass is 10.2. The van der Waals surface area contributed by atoms with Gasteiger partial charge in [0.2, 0.25) is 0 Å². The lowest BCUT2D eigenvalue weighted by Crippen LogP contribution is -2.21. The molecule has 0 aromatic heterocycles. The summed E-state index contributed by atoms with van der Waals surface area (Å²) in [5, 5.41) is 3.26. The molecule has 1 rings (SSSR count). The molecule has 0 amide bonds. The molecule has 0 bridgehead atoms. The van der Waals surface area contributed by atoms with E-state index in [2.05, 4.69) is 10.1 Å². The molecule has 21 heavy (non-hydrogen) atoms. The van der Waals surface area contributed by atoms with E-state index < -0.39 is 19.6 Å². The van der Waals surface area contributed by atoms with Crippen LogP contribution in [0.25, 0.3) is 0 Å². The lowest BCUT2D eigenvalue weighted by molar-refractivity contribution is -0.186. The second-order valence-corrected chi connectivity index (χ2v) is 4.75. The third-order valence-corrected chi connectivity index (χ3v) is 2.51. The Bertz CT molecular complexity index is 436. The monoisotopic (exact) mass is 307 g/mol. The summed E-state index contributed by atoms with van der Waals surface area (Å²) in [5.74, 6) is 0.793. The Kier molecular flexibility index (Phi) is 6.77. The van der Waals surface area contributed by atoms with Crippen molar-refractivity contribution in [3.8, 4) is 11.5 Å². The standard InChI is InChI=1S/C14H20F3NO3/c1-10(2)18-7-11-4-5-12(13(6-11)19-3)21-9-20-8-14(15,16)17/h4-6,10,18H,7-9H2,1-3H3. The summed E-state index contributed by atoms with van der Waals surface area (Å²) in [4.78, 5) is 0. The molecule has 4 nitrogen and oxygen atoms in total. The number of alkyl halides is 3. The molecular weight excluding hydrogens is 287 g/mol. The summed E-state index contributed by atoms with van der Waals surface area (Å²) in [5.41, 5.74) is 0.990. The first-order valence-electron chi connectivity index (χ1n) is 6.49. The van der Waals surface area contributed by atoms with Crippen LogP contribution in [-0.4, -0.2) is 32.7 Å². The molecule has 7 heteroatoms. The molecule has 0 fully saturated rings. The second kappa shape index (κ2) is 8.09. The molecule has 0 unspecified atom stereocenters. The maximum absolute atomic E-state index is 11.9. The summed E-state index contributed by atoms with van der Waals surface area (Å²) >= 11 is 0. The number of methoxy groups -OCH3 is 1. The van der Waals surface area contributed by atoms with Crippen molar-refractivity contribution >= 4 is 0 Å². The van der Waals surface area contributed by atoms with Crippen LogP contribution in [0, 0.1) is 0 Å². The van der Waals surface area contributed by atoms with Crippen LogP contribution < -0.4 is 14.8 Å². The van der Waals surface area contributed by atoms with Crippen molar-refractivity contribution in [2.24, 2.45) is 0 Å². The Morgan fingerprint density at radius 2 is 1.90 bits per heavy atom. The van der Waals surface area contributed by atoms with E-state index in [1.54, 1.807) is 12.1 Å². The van der Waals surface area contributed by atoms with Crippen molar-refractivity contribution in [1.29, 1.82) is 0 Å². The maximum atomic E-state index is 11.9. The first kappa shape index (κ1) is 17.6. The van der Waals surface area contributed by atoms with E-state index in [1.807, 2.05) is 19.9 Å². The Hall–Kier alpha value is -1.47. The average molecular weight is 307 g/mol. The molecule has 0 saturated heterocycles. The maximum Gasteiger partial charge on any atom is 0.411 e. The van der Waals surface area contributed by atoms with E-state index in [4.69, 9.17) is 9.47 Å². The van der Waals surface area contributed by atoms with Gasteiger partial charge in [-0.3, -0.25) is 0 Å². The van der Waals surface area contributed by atoms with E-state index in [0.717, 1.165) is 5.56 Å². The highest BCUT2D eigenvalue weighted by Gasteiger charge is 2.27. The molecule has 120 valence electrons. The minimum atomic E-state index is -4.36. The van der Waals surface area contributed by atoms with Crippen LogP contribution in [-0.2, 0) is 11.3 Å². The first-order chi connectivity index (χ1) is 9.81. The Morgan fingerprint density at radius 1 is 1.19 bits per heavy atom. The van der Waals surface area contributed by atoms with Gasteiger partial charge in [0.25, 0.3) is 0 Å². The topological polar surface area (TPSA) is 39.7 Å². The molecule has 1 aromatic carbocycles. The fourth-order valence-corrected chi connectivity index (χ4v) is 1.53.